The van der Waals surface area contributed by atoms with Crippen LogP contribution in [-0.2, 0) is 0 Å². The van der Waals surface area contributed by atoms with Crippen LogP contribution in [0.1, 0.15) is 38.3 Å². The van der Waals surface area contributed by atoms with Crippen LogP contribution in [0.25, 0.3) is 0 Å². The lowest BCUT2D eigenvalue weighted by Crippen LogP contribution is -2.16. The minimum Gasteiger partial charge on any atom is -0.453 e. The molecule has 1 rings (SSSR count). The lowest BCUT2D eigenvalue weighted by atomic mass is 10.00. The Morgan fingerprint density at radius 3 is 2.57 bits per heavy atom. The topological polar surface area (TPSA) is 25.2 Å². The quantitative estimate of drug-likeness (QED) is 0.812. The Hall–Kier alpha value is -0.470. The summed E-state index contributed by atoms with van der Waals surface area (Å²) in [5.41, 5.74) is 1.06. The highest BCUT2D eigenvalue weighted by atomic mass is 35.5. The first-order valence-corrected chi connectivity index (χ1v) is 5.43. The van der Waals surface area contributed by atoms with Crippen molar-refractivity contribution in [3.8, 4) is 0 Å². The van der Waals surface area contributed by atoms with Crippen molar-refractivity contribution in [2.24, 2.45) is 5.92 Å². The van der Waals surface area contributed by atoms with E-state index >= 15 is 0 Å². The third kappa shape index (κ3) is 3.03. The fourth-order valence-electron chi connectivity index (χ4n) is 1.51. The van der Waals surface area contributed by atoms with E-state index in [0.29, 0.717) is 11.3 Å². The fourth-order valence-corrected chi connectivity index (χ4v) is 1.76. The molecule has 3 heteroatoms. The van der Waals surface area contributed by atoms with Crippen LogP contribution in [0.15, 0.2) is 16.7 Å². The Balaban J connectivity index is 2.58. The summed E-state index contributed by atoms with van der Waals surface area (Å²) in [7, 11) is 1.95. The average Bonchev–Trinajstić information content (AvgIpc) is 2.53. The first-order valence-electron chi connectivity index (χ1n) is 5.05. The summed E-state index contributed by atoms with van der Waals surface area (Å²) >= 11 is 5.92. The maximum Gasteiger partial charge on any atom is 0.197 e. The molecule has 1 atom stereocenters. The Kier molecular flexibility index (Phi) is 4.49. The van der Waals surface area contributed by atoms with Crippen molar-refractivity contribution >= 4 is 11.6 Å². The minimum absolute atomic E-state index is 0.309. The molecule has 0 bridgehead atoms. The number of hydrogen-bond donors (Lipinski definition) is 1. The molecule has 0 radical (unpaired) electrons. The standard InChI is InChI=1S/C11H18ClNO/c1-8(2)4-5-10(13-3)9-6-7-14-11(9)12/h6-8,10,13H,4-5H2,1-3H3. The Bertz CT molecular complexity index is 270. The number of hydrogen-bond acceptors (Lipinski definition) is 2. The van der Waals surface area contributed by atoms with Crippen molar-refractivity contribution in [3.05, 3.63) is 23.1 Å². The van der Waals surface area contributed by atoms with Gasteiger partial charge in [0.25, 0.3) is 0 Å². The Morgan fingerprint density at radius 2 is 2.14 bits per heavy atom. The molecule has 14 heavy (non-hydrogen) atoms. The summed E-state index contributed by atoms with van der Waals surface area (Å²) in [6.45, 7) is 4.45. The van der Waals surface area contributed by atoms with Gasteiger partial charge in [-0.15, -0.1) is 0 Å². The summed E-state index contributed by atoms with van der Waals surface area (Å²) < 4.78 is 5.08. The first kappa shape index (κ1) is 11.6. The molecule has 1 N–H and O–H groups in total. The molecule has 1 unspecified atom stereocenters. The van der Waals surface area contributed by atoms with Gasteiger partial charge in [-0.2, -0.15) is 0 Å². The van der Waals surface area contributed by atoms with Crippen LogP contribution in [0, 0.1) is 5.92 Å². The van der Waals surface area contributed by atoms with E-state index in [1.54, 1.807) is 6.26 Å². The lowest BCUT2D eigenvalue weighted by Gasteiger charge is -2.15. The van der Waals surface area contributed by atoms with Gasteiger partial charge in [-0.05, 0) is 43.5 Å². The number of rotatable bonds is 5. The van der Waals surface area contributed by atoms with Crippen molar-refractivity contribution in [1.29, 1.82) is 0 Å². The zero-order valence-corrected chi connectivity index (χ0v) is 9.77. The average molecular weight is 216 g/mol. The zero-order chi connectivity index (χ0) is 10.6. The summed E-state index contributed by atoms with van der Waals surface area (Å²) in [6, 6.07) is 2.24. The zero-order valence-electron chi connectivity index (χ0n) is 9.01. The SMILES string of the molecule is CNC(CCC(C)C)c1ccoc1Cl. The molecule has 0 aromatic carbocycles. The van der Waals surface area contributed by atoms with E-state index in [4.69, 9.17) is 16.0 Å². The maximum absolute atomic E-state index is 5.92. The van der Waals surface area contributed by atoms with Gasteiger partial charge >= 0.3 is 0 Å². The molecule has 0 spiro atoms. The predicted octanol–water partition coefficient (Wildman–Crippen LogP) is 3.63. The number of nitrogens with one attached hydrogen (secondary N) is 1. The van der Waals surface area contributed by atoms with Crippen molar-refractivity contribution in [2.45, 2.75) is 32.7 Å². The van der Waals surface area contributed by atoms with E-state index in [1.807, 2.05) is 13.1 Å². The molecule has 1 aromatic heterocycles. The fraction of sp³-hybridized carbons (Fsp3) is 0.636. The third-order valence-electron chi connectivity index (χ3n) is 2.40. The van der Waals surface area contributed by atoms with Crippen molar-refractivity contribution < 1.29 is 4.42 Å². The molecule has 0 aliphatic heterocycles. The van der Waals surface area contributed by atoms with Gasteiger partial charge in [-0.25, -0.2) is 0 Å². The van der Waals surface area contributed by atoms with E-state index in [9.17, 15) is 0 Å². The van der Waals surface area contributed by atoms with E-state index in [-0.39, 0.29) is 0 Å². The van der Waals surface area contributed by atoms with Crippen molar-refractivity contribution in [3.63, 3.8) is 0 Å². The summed E-state index contributed by atoms with van der Waals surface area (Å²) in [5.74, 6) is 0.719. The van der Waals surface area contributed by atoms with Gasteiger partial charge in [-0.1, -0.05) is 13.8 Å². The third-order valence-corrected chi connectivity index (χ3v) is 2.71. The van der Waals surface area contributed by atoms with Gasteiger partial charge < -0.3 is 9.73 Å². The highest BCUT2D eigenvalue weighted by Gasteiger charge is 2.15. The summed E-state index contributed by atoms with van der Waals surface area (Å²) in [4.78, 5) is 0. The van der Waals surface area contributed by atoms with Gasteiger partial charge in [0.05, 0.1) is 6.26 Å². The molecule has 0 saturated carbocycles. The van der Waals surface area contributed by atoms with Crippen LogP contribution in [0.5, 0.6) is 0 Å². The van der Waals surface area contributed by atoms with E-state index in [1.165, 1.54) is 6.42 Å². The second-order valence-corrected chi connectivity index (χ2v) is 4.31. The summed E-state index contributed by atoms with van der Waals surface area (Å²) in [6.07, 6.45) is 3.91. The molecule has 0 saturated heterocycles. The van der Waals surface area contributed by atoms with Gasteiger partial charge in [0, 0.05) is 11.6 Å². The van der Waals surface area contributed by atoms with Gasteiger partial charge in [0.15, 0.2) is 5.22 Å². The predicted molar refractivity (Wildman–Crippen MR) is 59.6 cm³/mol. The second-order valence-electron chi connectivity index (χ2n) is 3.96. The van der Waals surface area contributed by atoms with Crippen molar-refractivity contribution in [2.75, 3.05) is 7.05 Å². The molecule has 0 aliphatic carbocycles. The monoisotopic (exact) mass is 215 g/mol. The maximum atomic E-state index is 5.92. The molecular weight excluding hydrogens is 198 g/mol. The van der Waals surface area contributed by atoms with Crippen LogP contribution in [0.4, 0.5) is 0 Å². The highest BCUT2D eigenvalue weighted by Crippen LogP contribution is 2.27. The molecular formula is C11H18ClNO. The molecule has 80 valence electrons. The largest absolute Gasteiger partial charge is 0.453 e. The van der Waals surface area contributed by atoms with Gasteiger partial charge in [0.2, 0.25) is 0 Å². The first-order chi connectivity index (χ1) is 6.65. The van der Waals surface area contributed by atoms with Crippen LogP contribution in [-0.4, -0.2) is 7.05 Å². The highest BCUT2D eigenvalue weighted by molar-refractivity contribution is 6.29. The van der Waals surface area contributed by atoms with Crippen LogP contribution in [0.3, 0.4) is 0 Å². The smallest absolute Gasteiger partial charge is 0.197 e. The molecule has 0 aliphatic rings. The van der Waals surface area contributed by atoms with Crippen LogP contribution >= 0.6 is 11.6 Å². The van der Waals surface area contributed by atoms with Crippen LogP contribution < -0.4 is 5.32 Å². The van der Waals surface area contributed by atoms with Crippen molar-refractivity contribution in [1.82, 2.24) is 5.32 Å². The minimum atomic E-state index is 0.309. The van der Waals surface area contributed by atoms with Gasteiger partial charge in [-0.3, -0.25) is 0 Å². The Labute approximate surface area is 90.6 Å². The van der Waals surface area contributed by atoms with E-state index < -0.39 is 0 Å². The second kappa shape index (κ2) is 5.42. The lowest BCUT2D eigenvalue weighted by molar-refractivity contribution is 0.460. The summed E-state index contributed by atoms with van der Waals surface area (Å²) in [5, 5.41) is 3.76. The molecule has 0 fully saturated rings. The molecule has 1 aromatic rings. The van der Waals surface area contributed by atoms with E-state index in [0.717, 1.165) is 17.9 Å². The van der Waals surface area contributed by atoms with Crippen LogP contribution in [0.2, 0.25) is 5.22 Å². The van der Waals surface area contributed by atoms with E-state index in [2.05, 4.69) is 19.2 Å². The molecule has 0 amide bonds. The number of furan rings is 1. The van der Waals surface area contributed by atoms with Gasteiger partial charge in [0.1, 0.15) is 0 Å². The number of halogens is 1. The Morgan fingerprint density at radius 1 is 1.43 bits per heavy atom. The normalized spacial score (nSPS) is 13.5. The molecule has 2 nitrogen and oxygen atoms in total. The molecule has 1 heterocycles.